The smallest absolute Gasteiger partial charge is 0.249 e. The molecule has 0 bridgehead atoms. The Balaban J connectivity index is 1.30. The number of anilines is 3. The van der Waals surface area contributed by atoms with Gasteiger partial charge in [-0.25, -0.2) is 4.39 Å². The Hall–Kier alpha value is -3.46. The second kappa shape index (κ2) is 9.99. The quantitative estimate of drug-likeness (QED) is 0.582. The molecule has 8 nitrogen and oxygen atoms in total. The Labute approximate surface area is 192 Å². The zero-order chi connectivity index (χ0) is 23.4. The molecule has 2 aromatic rings. The lowest BCUT2D eigenvalue weighted by molar-refractivity contribution is -0.133. The first-order valence-electron chi connectivity index (χ1n) is 11.1. The van der Waals surface area contributed by atoms with E-state index < -0.39 is 6.04 Å². The van der Waals surface area contributed by atoms with E-state index in [2.05, 4.69) is 20.9 Å². The predicted octanol–water partition coefficient (Wildman–Crippen LogP) is 2.32. The van der Waals surface area contributed by atoms with Crippen LogP contribution < -0.4 is 20.9 Å². The Bertz CT molecular complexity index is 1030. The van der Waals surface area contributed by atoms with Crippen LogP contribution in [0.2, 0.25) is 0 Å². The largest absolute Gasteiger partial charge is 0.374 e. The average molecular weight is 454 g/mol. The van der Waals surface area contributed by atoms with Crippen LogP contribution in [0.1, 0.15) is 25.3 Å². The van der Waals surface area contributed by atoms with E-state index in [0.717, 1.165) is 30.9 Å². The highest BCUT2D eigenvalue weighted by Crippen LogP contribution is 2.25. The van der Waals surface area contributed by atoms with Crippen molar-refractivity contribution in [3.8, 4) is 0 Å². The van der Waals surface area contributed by atoms with E-state index in [-0.39, 0.29) is 30.0 Å². The number of hydrogen-bond acceptors (Lipinski definition) is 6. The highest BCUT2D eigenvalue weighted by atomic mass is 19.1. The SMILES string of the molecule is CC(=O)Nc1ccc(CN2CCN(c3ccc(NC4CCC(=O)NC4=O)cc3F)CC2)cc1. The van der Waals surface area contributed by atoms with Gasteiger partial charge in [0.25, 0.3) is 0 Å². The number of hydrogen-bond donors (Lipinski definition) is 3. The number of carbonyl (C=O) groups excluding carboxylic acids is 3. The number of halogens is 1. The Morgan fingerprint density at radius 2 is 1.76 bits per heavy atom. The summed E-state index contributed by atoms with van der Waals surface area (Å²) in [6.07, 6.45) is 0.666. The number of piperidine rings is 1. The van der Waals surface area contributed by atoms with E-state index in [4.69, 9.17) is 0 Å². The lowest BCUT2D eigenvalue weighted by atomic mass is 10.1. The van der Waals surface area contributed by atoms with E-state index in [9.17, 15) is 18.8 Å². The maximum absolute atomic E-state index is 14.8. The summed E-state index contributed by atoms with van der Waals surface area (Å²) in [5.74, 6) is -1.09. The van der Waals surface area contributed by atoms with E-state index >= 15 is 0 Å². The molecule has 2 fully saturated rings. The van der Waals surface area contributed by atoms with Gasteiger partial charge in [0, 0.05) is 57.4 Å². The summed E-state index contributed by atoms with van der Waals surface area (Å²) in [4.78, 5) is 38.7. The van der Waals surface area contributed by atoms with Crippen LogP contribution in [0.4, 0.5) is 21.5 Å². The lowest BCUT2D eigenvalue weighted by Crippen LogP contribution is -2.47. The van der Waals surface area contributed by atoms with Crippen molar-refractivity contribution in [3.63, 3.8) is 0 Å². The number of nitrogens with one attached hydrogen (secondary N) is 3. The summed E-state index contributed by atoms with van der Waals surface area (Å²) in [7, 11) is 0. The van der Waals surface area contributed by atoms with Gasteiger partial charge >= 0.3 is 0 Å². The number of amides is 3. The van der Waals surface area contributed by atoms with E-state index in [1.165, 1.54) is 13.0 Å². The van der Waals surface area contributed by atoms with Crippen molar-refractivity contribution in [2.24, 2.45) is 0 Å². The van der Waals surface area contributed by atoms with Crippen LogP contribution >= 0.6 is 0 Å². The molecule has 0 spiro atoms. The molecule has 3 amide bonds. The van der Waals surface area contributed by atoms with Crippen LogP contribution in [0.15, 0.2) is 42.5 Å². The zero-order valence-corrected chi connectivity index (χ0v) is 18.6. The van der Waals surface area contributed by atoms with Crippen molar-refractivity contribution in [3.05, 3.63) is 53.8 Å². The minimum Gasteiger partial charge on any atom is -0.374 e. The van der Waals surface area contributed by atoms with Crippen molar-refractivity contribution < 1.29 is 18.8 Å². The van der Waals surface area contributed by atoms with Crippen LogP contribution in [-0.2, 0) is 20.9 Å². The third-order valence-electron chi connectivity index (χ3n) is 5.92. The first-order valence-corrected chi connectivity index (χ1v) is 11.1. The fraction of sp³-hybridized carbons (Fsp3) is 0.375. The fourth-order valence-electron chi connectivity index (χ4n) is 4.19. The third-order valence-corrected chi connectivity index (χ3v) is 5.92. The van der Waals surface area contributed by atoms with Gasteiger partial charge in [-0.3, -0.25) is 24.6 Å². The molecule has 33 heavy (non-hydrogen) atoms. The number of imide groups is 1. The third kappa shape index (κ3) is 5.87. The van der Waals surface area contributed by atoms with Gasteiger partial charge in [0.05, 0.1) is 5.69 Å². The van der Waals surface area contributed by atoms with E-state index in [1.54, 1.807) is 12.1 Å². The summed E-state index contributed by atoms with van der Waals surface area (Å²) >= 11 is 0. The minimum absolute atomic E-state index is 0.0918. The molecule has 0 saturated carbocycles. The van der Waals surface area contributed by atoms with Gasteiger partial charge in [-0.05, 0) is 42.3 Å². The molecule has 9 heteroatoms. The summed E-state index contributed by atoms with van der Waals surface area (Å²) < 4.78 is 14.8. The molecule has 2 saturated heterocycles. The van der Waals surface area contributed by atoms with Crippen LogP contribution in [0.25, 0.3) is 0 Å². The van der Waals surface area contributed by atoms with Crippen molar-refractivity contribution in [2.75, 3.05) is 41.7 Å². The molecule has 2 heterocycles. The molecule has 2 aliphatic rings. The molecule has 2 aliphatic heterocycles. The normalized spacial score (nSPS) is 19.2. The Kier molecular flexibility index (Phi) is 6.88. The maximum atomic E-state index is 14.8. The van der Waals surface area contributed by atoms with Gasteiger partial charge in [0.15, 0.2) is 0 Å². The standard InChI is InChI=1S/C24H28FN5O3/c1-16(31)26-18-4-2-17(3-5-18)15-29-10-12-30(13-11-29)22-8-6-19(14-20(22)25)27-21-7-9-23(32)28-24(21)33/h2-6,8,14,21,27H,7,9-13,15H2,1H3,(H,26,31)(H,28,32,33). The minimum atomic E-state index is -0.538. The second-order valence-electron chi connectivity index (χ2n) is 8.46. The number of carbonyl (C=O) groups is 3. The van der Waals surface area contributed by atoms with Gasteiger partial charge in [0.2, 0.25) is 17.7 Å². The molecular formula is C24H28FN5O3. The van der Waals surface area contributed by atoms with Gasteiger partial charge in [0.1, 0.15) is 11.9 Å². The van der Waals surface area contributed by atoms with Crippen LogP contribution in [-0.4, -0.2) is 54.8 Å². The maximum Gasteiger partial charge on any atom is 0.249 e. The Morgan fingerprint density at radius 3 is 2.39 bits per heavy atom. The van der Waals surface area contributed by atoms with Gasteiger partial charge in [-0.15, -0.1) is 0 Å². The summed E-state index contributed by atoms with van der Waals surface area (Å²) in [5, 5.41) is 8.07. The molecule has 3 N–H and O–H groups in total. The van der Waals surface area contributed by atoms with Crippen molar-refractivity contribution in [2.45, 2.75) is 32.4 Å². The zero-order valence-electron chi connectivity index (χ0n) is 18.6. The number of piperazine rings is 1. The van der Waals surface area contributed by atoms with Crippen LogP contribution in [0.5, 0.6) is 0 Å². The van der Waals surface area contributed by atoms with E-state index in [1.807, 2.05) is 29.2 Å². The molecule has 1 unspecified atom stereocenters. The van der Waals surface area contributed by atoms with Crippen molar-refractivity contribution >= 4 is 34.8 Å². The molecule has 1 atom stereocenters. The molecule has 0 aliphatic carbocycles. The lowest BCUT2D eigenvalue weighted by Gasteiger charge is -2.36. The first-order chi connectivity index (χ1) is 15.9. The molecular weight excluding hydrogens is 425 g/mol. The number of nitrogens with zero attached hydrogens (tertiary/aromatic N) is 2. The molecule has 2 aromatic carbocycles. The van der Waals surface area contributed by atoms with E-state index in [0.29, 0.717) is 30.9 Å². The second-order valence-corrected chi connectivity index (χ2v) is 8.46. The monoisotopic (exact) mass is 453 g/mol. The molecule has 4 rings (SSSR count). The van der Waals surface area contributed by atoms with Gasteiger partial charge in [-0.2, -0.15) is 0 Å². The summed E-state index contributed by atoms with van der Waals surface area (Å²) in [6, 6.07) is 12.2. The number of rotatable bonds is 6. The Morgan fingerprint density at radius 1 is 1.06 bits per heavy atom. The summed E-state index contributed by atoms with van der Waals surface area (Å²) in [5.41, 5.74) is 3.00. The van der Waals surface area contributed by atoms with Gasteiger partial charge < -0.3 is 15.5 Å². The fourth-order valence-corrected chi connectivity index (χ4v) is 4.19. The highest BCUT2D eigenvalue weighted by molar-refractivity contribution is 6.01. The van der Waals surface area contributed by atoms with Crippen molar-refractivity contribution in [1.82, 2.24) is 10.2 Å². The first kappa shape index (κ1) is 22.7. The van der Waals surface area contributed by atoms with Crippen molar-refractivity contribution in [1.29, 1.82) is 0 Å². The topological polar surface area (TPSA) is 93.8 Å². The molecule has 0 radical (unpaired) electrons. The van der Waals surface area contributed by atoms with Crippen LogP contribution in [0.3, 0.4) is 0 Å². The predicted molar refractivity (Wildman–Crippen MR) is 124 cm³/mol. The van der Waals surface area contributed by atoms with Gasteiger partial charge in [-0.1, -0.05) is 12.1 Å². The van der Waals surface area contributed by atoms with Crippen LogP contribution in [0, 0.1) is 5.82 Å². The highest BCUT2D eigenvalue weighted by Gasteiger charge is 2.27. The number of benzene rings is 2. The molecule has 174 valence electrons. The summed E-state index contributed by atoms with van der Waals surface area (Å²) in [6.45, 7) is 5.32. The molecule has 0 aromatic heterocycles. The average Bonchev–Trinajstić information content (AvgIpc) is 2.78.